The highest BCUT2D eigenvalue weighted by atomic mass is 32.1. The first-order valence-corrected chi connectivity index (χ1v) is 5.56. The van der Waals surface area contributed by atoms with Crippen LogP contribution in [0.5, 0.6) is 0 Å². The molecule has 2 N–H and O–H groups in total. The van der Waals surface area contributed by atoms with E-state index in [1.807, 2.05) is 18.2 Å². The highest BCUT2D eigenvalue weighted by Crippen LogP contribution is 2.15. The molecule has 2 nitrogen and oxygen atoms in total. The van der Waals surface area contributed by atoms with E-state index in [1.54, 1.807) is 0 Å². The number of rotatable bonds is 6. The quantitative estimate of drug-likeness (QED) is 0.595. The van der Waals surface area contributed by atoms with Gasteiger partial charge in [-0.25, -0.2) is 0 Å². The van der Waals surface area contributed by atoms with Crippen LogP contribution in [0.15, 0.2) is 30.3 Å². The molecule has 0 aliphatic carbocycles. The lowest BCUT2D eigenvalue weighted by Gasteiger charge is -2.12. The number of hydrogen-bond donors (Lipinski definition) is 1. The highest BCUT2D eigenvalue weighted by molar-refractivity contribution is 7.80. The van der Waals surface area contributed by atoms with Crippen LogP contribution in [0.3, 0.4) is 0 Å². The summed E-state index contributed by atoms with van der Waals surface area (Å²) in [5.74, 6) is 0. The third-order valence-corrected chi connectivity index (χ3v) is 2.41. The van der Waals surface area contributed by atoms with Gasteiger partial charge < -0.3 is 10.5 Å². The molecule has 15 heavy (non-hydrogen) atoms. The fraction of sp³-hybridized carbons (Fsp3) is 0.417. The molecule has 0 aliphatic heterocycles. The Morgan fingerprint density at radius 2 is 2.07 bits per heavy atom. The molecule has 1 rings (SSSR count). The van der Waals surface area contributed by atoms with E-state index in [9.17, 15) is 0 Å². The van der Waals surface area contributed by atoms with Crippen LogP contribution in [0.2, 0.25) is 0 Å². The number of ether oxygens (including phenoxy) is 1. The lowest BCUT2D eigenvalue weighted by molar-refractivity contribution is 0.0650. The van der Waals surface area contributed by atoms with Gasteiger partial charge in [0, 0.05) is 6.61 Å². The Labute approximate surface area is 96.4 Å². The summed E-state index contributed by atoms with van der Waals surface area (Å²) < 4.78 is 5.66. The van der Waals surface area contributed by atoms with Gasteiger partial charge in [0.05, 0.1) is 11.1 Å². The first-order chi connectivity index (χ1) is 7.20. The van der Waals surface area contributed by atoms with E-state index in [1.165, 1.54) is 5.56 Å². The van der Waals surface area contributed by atoms with E-state index >= 15 is 0 Å². The van der Waals surface area contributed by atoms with Crippen LogP contribution in [-0.4, -0.2) is 11.6 Å². The van der Waals surface area contributed by atoms with Crippen LogP contribution in [0.25, 0.3) is 0 Å². The van der Waals surface area contributed by atoms with Gasteiger partial charge in [0.2, 0.25) is 0 Å². The lowest BCUT2D eigenvalue weighted by Crippen LogP contribution is -2.09. The largest absolute Gasteiger partial charge is 0.393 e. The Morgan fingerprint density at radius 3 is 2.67 bits per heavy atom. The number of nitrogens with two attached hydrogens (primary N) is 1. The molecule has 0 heterocycles. The van der Waals surface area contributed by atoms with Crippen LogP contribution in [-0.2, 0) is 4.74 Å². The summed E-state index contributed by atoms with van der Waals surface area (Å²) >= 11 is 4.79. The van der Waals surface area contributed by atoms with Crippen molar-refractivity contribution in [1.29, 1.82) is 0 Å². The Balaban J connectivity index is 2.25. The van der Waals surface area contributed by atoms with Gasteiger partial charge in [-0.1, -0.05) is 42.5 Å². The standard InChI is InChI=1S/C12H17NOS/c1-10(11-6-3-2-4-7-11)14-9-5-8-12(13)15/h2-4,6-7,10H,5,8-9H2,1H3,(H2,13,15). The SMILES string of the molecule is CC(OCCCC(N)=S)c1ccccc1. The molecular formula is C12H17NOS. The Hall–Kier alpha value is -0.930. The summed E-state index contributed by atoms with van der Waals surface area (Å²) in [6, 6.07) is 10.2. The molecule has 1 unspecified atom stereocenters. The number of thiocarbonyl (C=S) groups is 1. The molecule has 0 amide bonds. The van der Waals surface area contributed by atoms with Gasteiger partial charge in [0.25, 0.3) is 0 Å². The van der Waals surface area contributed by atoms with Gasteiger partial charge in [-0.05, 0) is 25.3 Å². The summed E-state index contributed by atoms with van der Waals surface area (Å²) in [5.41, 5.74) is 6.60. The third-order valence-electron chi connectivity index (χ3n) is 2.20. The molecule has 3 heteroatoms. The molecule has 1 aromatic carbocycles. The summed E-state index contributed by atoms with van der Waals surface area (Å²) in [6.45, 7) is 2.75. The predicted molar refractivity (Wildman–Crippen MR) is 66.8 cm³/mol. The molecule has 0 saturated carbocycles. The zero-order valence-corrected chi connectivity index (χ0v) is 9.80. The van der Waals surface area contributed by atoms with Crippen LogP contribution >= 0.6 is 12.2 Å². The minimum Gasteiger partial charge on any atom is -0.393 e. The minimum absolute atomic E-state index is 0.137. The van der Waals surface area contributed by atoms with E-state index < -0.39 is 0 Å². The minimum atomic E-state index is 0.137. The first kappa shape index (κ1) is 12.1. The maximum Gasteiger partial charge on any atom is 0.0796 e. The summed E-state index contributed by atoms with van der Waals surface area (Å²) in [7, 11) is 0. The topological polar surface area (TPSA) is 35.2 Å². The van der Waals surface area contributed by atoms with E-state index in [2.05, 4.69) is 19.1 Å². The van der Waals surface area contributed by atoms with Gasteiger partial charge in [0.1, 0.15) is 0 Å². The molecule has 0 radical (unpaired) electrons. The second kappa shape index (κ2) is 6.53. The van der Waals surface area contributed by atoms with Gasteiger partial charge in [-0.3, -0.25) is 0 Å². The van der Waals surface area contributed by atoms with E-state index in [0.717, 1.165) is 12.8 Å². The molecule has 0 saturated heterocycles. The molecule has 0 aliphatic rings. The van der Waals surface area contributed by atoms with Crippen molar-refractivity contribution >= 4 is 17.2 Å². The summed E-state index contributed by atoms with van der Waals surface area (Å²) in [5, 5.41) is 0. The monoisotopic (exact) mass is 223 g/mol. The number of hydrogen-bond acceptors (Lipinski definition) is 2. The second-order valence-electron chi connectivity index (χ2n) is 3.49. The van der Waals surface area contributed by atoms with Crippen LogP contribution in [0.1, 0.15) is 31.4 Å². The fourth-order valence-corrected chi connectivity index (χ4v) is 1.47. The highest BCUT2D eigenvalue weighted by Gasteiger charge is 2.03. The maximum atomic E-state index is 5.66. The second-order valence-corrected chi connectivity index (χ2v) is 4.02. The van der Waals surface area contributed by atoms with Crippen molar-refractivity contribution in [1.82, 2.24) is 0 Å². The van der Waals surface area contributed by atoms with E-state index in [4.69, 9.17) is 22.7 Å². The third kappa shape index (κ3) is 4.91. The molecule has 1 atom stereocenters. The van der Waals surface area contributed by atoms with Gasteiger partial charge >= 0.3 is 0 Å². The predicted octanol–water partition coefficient (Wildman–Crippen LogP) is 2.83. The van der Waals surface area contributed by atoms with E-state index in [-0.39, 0.29) is 6.10 Å². The maximum absolute atomic E-state index is 5.66. The van der Waals surface area contributed by atoms with Crippen LogP contribution in [0, 0.1) is 0 Å². The molecule has 1 aromatic rings. The molecule has 0 spiro atoms. The lowest BCUT2D eigenvalue weighted by atomic mass is 10.1. The van der Waals surface area contributed by atoms with Gasteiger partial charge in [-0.15, -0.1) is 0 Å². The zero-order chi connectivity index (χ0) is 11.1. The van der Waals surface area contributed by atoms with Crippen molar-refractivity contribution in [2.75, 3.05) is 6.61 Å². The van der Waals surface area contributed by atoms with Crippen molar-refractivity contribution in [3.63, 3.8) is 0 Å². The Morgan fingerprint density at radius 1 is 1.40 bits per heavy atom. The molecule has 0 fully saturated rings. The average Bonchev–Trinajstić information content (AvgIpc) is 2.25. The number of benzene rings is 1. The Bertz CT molecular complexity index is 300. The van der Waals surface area contributed by atoms with Crippen LogP contribution in [0.4, 0.5) is 0 Å². The summed E-state index contributed by atoms with van der Waals surface area (Å²) in [4.78, 5) is 0.561. The summed E-state index contributed by atoms with van der Waals surface area (Å²) in [6.07, 6.45) is 1.79. The van der Waals surface area contributed by atoms with Crippen molar-refractivity contribution in [3.8, 4) is 0 Å². The van der Waals surface area contributed by atoms with Crippen LogP contribution < -0.4 is 5.73 Å². The Kier molecular flexibility index (Phi) is 5.29. The van der Waals surface area contributed by atoms with Gasteiger partial charge in [-0.2, -0.15) is 0 Å². The molecular weight excluding hydrogens is 206 g/mol. The fourth-order valence-electron chi connectivity index (χ4n) is 1.33. The van der Waals surface area contributed by atoms with E-state index in [0.29, 0.717) is 11.6 Å². The molecule has 0 aromatic heterocycles. The zero-order valence-electron chi connectivity index (χ0n) is 8.98. The normalized spacial score (nSPS) is 12.3. The van der Waals surface area contributed by atoms with Crippen molar-refractivity contribution in [2.45, 2.75) is 25.9 Å². The van der Waals surface area contributed by atoms with Crippen molar-refractivity contribution in [3.05, 3.63) is 35.9 Å². The van der Waals surface area contributed by atoms with Crippen molar-refractivity contribution < 1.29 is 4.74 Å². The van der Waals surface area contributed by atoms with Gasteiger partial charge in [0.15, 0.2) is 0 Å². The smallest absolute Gasteiger partial charge is 0.0796 e. The molecule has 0 bridgehead atoms. The molecule has 82 valence electrons. The first-order valence-electron chi connectivity index (χ1n) is 5.15. The van der Waals surface area contributed by atoms with Crippen molar-refractivity contribution in [2.24, 2.45) is 5.73 Å². The average molecular weight is 223 g/mol.